The first kappa shape index (κ1) is 14.9. The standard InChI is InChI=1S/C10H25NO2Si2/c1-9(11-14(2,3)4)8-10(12)13-15(5,6)7/h9,11H,8H2,1-7H3. The van der Waals surface area contributed by atoms with Crippen molar-refractivity contribution in [2.24, 2.45) is 0 Å². The van der Waals surface area contributed by atoms with Crippen LogP contribution in [-0.2, 0) is 9.22 Å². The summed E-state index contributed by atoms with van der Waals surface area (Å²) in [4.78, 5) is 15.0. The Labute approximate surface area is 95.8 Å². The van der Waals surface area contributed by atoms with E-state index in [0.717, 1.165) is 0 Å². The van der Waals surface area contributed by atoms with Crippen LogP contribution in [0.5, 0.6) is 0 Å². The number of carbonyl (C=O) groups is 1. The first-order valence-electron chi connectivity index (χ1n) is 5.49. The second-order valence-electron chi connectivity index (χ2n) is 6.09. The summed E-state index contributed by atoms with van der Waals surface area (Å²) < 4.78 is 5.40. The lowest BCUT2D eigenvalue weighted by Gasteiger charge is -2.25. The van der Waals surface area contributed by atoms with E-state index in [1.54, 1.807) is 0 Å². The first-order chi connectivity index (χ1) is 6.49. The Kier molecular flexibility index (Phi) is 5.22. The largest absolute Gasteiger partial charge is 0.520 e. The lowest BCUT2D eigenvalue weighted by atomic mass is 10.3. The zero-order chi connectivity index (χ0) is 12.3. The van der Waals surface area contributed by atoms with E-state index in [0.29, 0.717) is 6.42 Å². The van der Waals surface area contributed by atoms with E-state index in [2.05, 4.69) is 24.6 Å². The Morgan fingerprint density at radius 1 is 1.20 bits per heavy atom. The van der Waals surface area contributed by atoms with Gasteiger partial charge in [-0.25, -0.2) is 0 Å². The smallest absolute Gasteiger partial charge is 0.294 e. The molecular formula is C10H25NO2Si2. The number of rotatable bonds is 5. The van der Waals surface area contributed by atoms with Crippen molar-refractivity contribution in [3.63, 3.8) is 0 Å². The normalized spacial score (nSPS) is 14.9. The average molecular weight is 247 g/mol. The molecule has 0 saturated heterocycles. The van der Waals surface area contributed by atoms with Gasteiger partial charge >= 0.3 is 0 Å². The zero-order valence-corrected chi connectivity index (χ0v) is 13.1. The molecule has 1 unspecified atom stereocenters. The fraction of sp³-hybridized carbons (Fsp3) is 0.900. The Morgan fingerprint density at radius 3 is 2.00 bits per heavy atom. The maximum absolute atomic E-state index is 11.5. The van der Waals surface area contributed by atoms with Crippen molar-refractivity contribution in [2.75, 3.05) is 0 Å². The molecule has 0 aromatic heterocycles. The highest BCUT2D eigenvalue weighted by molar-refractivity contribution is 6.73. The molecule has 0 heterocycles. The van der Waals surface area contributed by atoms with Gasteiger partial charge in [-0.2, -0.15) is 0 Å². The maximum atomic E-state index is 11.5. The van der Waals surface area contributed by atoms with Gasteiger partial charge in [0.15, 0.2) is 0 Å². The molecule has 0 aromatic rings. The molecule has 0 aliphatic heterocycles. The summed E-state index contributed by atoms with van der Waals surface area (Å²) in [5, 5.41) is 0. The fourth-order valence-electron chi connectivity index (χ4n) is 1.42. The number of hydrogen-bond donors (Lipinski definition) is 1. The summed E-state index contributed by atoms with van der Waals surface area (Å²) >= 11 is 0. The zero-order valence-electron chi connectivity index (χ0n) is 11.1. The lowest BCUT2D eigenvalue weighted by molar-refractivity contribution is -0.135. The molecule has 0 saturated carbocycles. The molecule has 0 aliphatic rings. The van der Waals surface area contributed by atoms with Crippen LogP contribution in [0.3, 0.4) is 0 Å². The molecule has 15 heavy (non-hydrogen) atoms. The highest BCUT2D eigenvalue weighted by atomic mass is 28.4. The Bertz CT molecular complexity index is 218. The SMILES string of the molecule is CC(CC(=O)O[Si](C)(C)C)N[Si](C)(C)C. The third-order valence-corrected chi connectivity index (χ3v) is 3.77. The van der Waals surface area contributed by atoms with Gasteiger partial charge in [0.2, 0.25) is 8.32 Å². The minimum Gasteiger partial charge on any atom is -0.520 e. The van der Waals surface area contributed by atoms with E-state index in [4.69, 9.17) is 4.43 Å². The second kappa shape index (κ2) is 5.27. The lowest BCUT2D eigenvalue weighted by Crippen LogP contribution is -2.47. The van der Waals surface area contributed by atoms with Gasteiger partial charge in [0.1, 0.15) is 8.24 Å². The molecule has 0 spiro atoms. The molecule has 0 amide bonds. The predicted molar refractivity (Wildman–Crippen MR) is 70.0 cm³/mol. The van der Waals surface area contributed by atoms with Gasteiger partial charge < -0.3 is 9.41 Å². The molecule has 5 heteroatoms. The first-order valence-corrected chi connectivity index (χ1v) is 12.4. The van der Waals surface area contributed by atoms with E-state index in [1.165, 1.54) is 0 Å². The topological polar surface area (TPSA) is 38.3 Å². The molecule has 0 radical (unpaired) electrons. The minimum atomic E-state index is -1.71. The molecule has 90 valence electrons. The van der Waals surface area contributed by atoms with Crippen molar-refractivity contribution in [2.45, 2.75) is 58.7 Å². The number of carbonyl (C=O) groups excluding carboxylic acids is 1. The van der Waals surface area contributed by atoms with Crippen molar-refractivity contribution in [3.8, 4) is 0 Å². The van der Waals surface area contributed by atoms with E-state index in [-0.39, 0.29) is 12.0 Å². The van der Waals surface area contributed by atoms with E-state index >= 15 is 0 Å². The van der Waals surface area contributed by atoms with Crippen molar-refractivity contribution >= 4 is 22.5 Å². The summed E-state index contributed by atoms with van der Waals surface area (Å²) in [6.45, 7) is 14.8. The van der Waals surface area contributed by atoms with Gasteiger partial charge in [-0.15, -0.1) is 0 Å². The Balaban J connectivity index is 3.98. The Hall–Kier alpha value is -0.136. The average Bonchev–Trinajstić information content (AvgIpc) is 1.73. The molecule has 0 fully saturated rings. The van der Waals surface area contributed by atoms with Gasteiger partial charge in [0.05, 0.1) is 6.42 Å². The molecule has 0 rings (SSSR count). The third kappa shape index (κ3) is 10.2. The molecule has 3 nitrogen and oxygen atoms in total. The van der Waals surface area contributed by atoms with Crippen LogP contribution < -0.4 is 4.98 Å². The molecule has 1 N–H and O–H groups in total. The number of hydrogen-bond acceptors (Lipinski definition) is 3. The quantitative estimate of drug-likeness (QED) is 0.759. The molecule has 0 aliphatic carbocycles. The minimum absolute atomic E-state index is 0.0626. The highest BCUT2D eigenvalue weighted by Crippen LogP contribution is 2.07. The Morgan fingerprint density at radius 2 is 1.67 bits per heavy atom. The monoisotopic (exact) mass is 247 g/mol. The van der Waals surface area contributed by atoms with Crippen molar-refractivity contribution < 1.29 is 9.22 Å². The van der Waals surface area contributed by atoms with Crippen LogP contribution in [-0.4, -0.2) is 28.6 Å². The van der Waals surface area contributed by atoms with Gasteiger partial charge in [0, 0.05) is 6.04 Å². The number of nitrogens with one attached hydrogen (secondary N) is 1. The van der Waals surface area contributed by atoms with Crippen LogP contribution in [0, 0.1) is 0 Å². The third-order valence-electron chi connectivity index (χ3n) is 1.57. The van der Waals surface area contributed by atoms with Crippen LogP contribution in [0.2, 0.25) is 39.3 Å². The van der Waals surface area contributed by atoms with Gasteiger partial charge in [-0.1, -0.05) is 19.6 Å². The van der Waals surface area contributed by atoms with E-state index in [1.807, 2.05) is 26.6 Å². The van der Waals surface area contributed by atoms with Crippen LogP contribution >= 0.6 is 0 Å². The van der Waals surface area contributed by atoms with Crippen molar-refractivity contribution in [1.29, 1.82) is 0 Å². The van der Waals surface area contributed by atoms with Crippen LogP contribution in [0.4, 0.5) is 0 Å². The summed E-state index contributed by atoms with van der Waals surface area (Å²) in [6.07, 6.45) is 0.481. The highest BCUT2D eigenvalue weighted by Gasteiger charge is 2.23. The van der Waals surface area contributed by atoms with E-state index in [9.17, 15) is 4.79 Å². The summed E-state index contributed by atoms with van der Waals surface area (Å²) in [5.41, 5.74) is 0. The predicted octanol–water partition coefficient (Wildman–Crippen LogP) is 2.57. The molecular weight excluding hydrogens is 222 g/mol. The summed E-state index contributed by atoms with van der Waals surface area (Å²) in [6, 6.07) is 0.223. The fourth-order valence-corrected chi connectivity index (χ4v) is 3.77. The van der Waals surface area contributed by atoms with Crippen LogP contribution in [0.25, 0.3) is 0 Å². The molecule has 1 atom stereocenters. The van der Waals surface area contributed by atoms with Crippen LogP contribution in [0.15, 0.2) is 0 Å². The molecule has 0 aromatic carbocycles. The van der Waals surface area contributed by atoms with Crippen molar-refractivity contribution in [3.05, 3.63) is 0 Å². The van der Waals surface area contributed by atoms with Gasteiger partial charge in [0.25, 0.3) is 5.97 Å². The maximum Gasteiger partial charge on any atom is 0.294 e. The van der Waals surface area contributed by atoms with E-state index < -0.39 is 16.6 Å². The van der Waals surface area contributed by atoms with Gasteiger partial charge in [-0.3, -0.25) is 4.79 Å². The summed E-state index contributed by atoms with van der Waals surface area (Å²) in [7, 11) is -3.00. The second-order valence-corrected chi connectivity index (χ2v) is 15.3. The van der Waals surface area contributed by atoms with Gasteiger partial charge in [-0.05, 0) is 26.6 Å². The molecule has 0 bridgehead atoms. The summed E-state index contributed by atoms with van der Waals surface area (Å²) in [5.74, 6) is -0.0626. The van der Waals surface area contributed by atoms with Crippen LogP contribution in [0.1, 0.15) is 13.3 Å². The van der Waals surface area contributed by atoms with Crippen molar-refractivity contribution in [1.82, 2.24) is 4.98 Å².